The lowest BCUT2D eigenvalue weighted by Gasteiger charge is -2.23. The van der Waals surface area contributed by atoms with E-state index in [0.717, 1.165) is 5.56 Å². The maximum Gasteiger partial charge on any atom is 0.410 e. The number of nitrogens with zero attached hydrogens (tertiary/aromatic N) is 2. The Morgan fingerprint density at radius 2 is 1.76 bits per heavy atom. The van der Waals surface area contributed by atoms with Gasteiger partial charge in [0.1, 0.15) is 12.6 Å². The molecule has 0 unspecified atom stereocenters. The van der Waals surface area contributed by atoms with E-state index in [1.54, 1.807) is 0 Å². The number of carbonyl (C=O) groups excluding carboxylic acids is 4. The monoisotopic (exact) mass is 346 g/mol. The highest BCUT2D eigenvalue weighted by molar-refractivity contribution is 6.01. The minimum Gasteiger partial charge on any atom is -0.445 e. The van der Waals surface area contributed by atoms with Gasteiger partial charge in [-0.25, -0.2) is 9.59 Å². The molecule has 1 aromatic rings. The zero-order valence-electron chi connectivity index (χ0n) is 13.6. The Morgan fingerprint density at radius 1 is 1.08 bits per heavy atom. The van der Waals surface area contributed by atoms with Gasteiger partial charge in [0.05, 0.1) is 0 Å². The molecule has 0 aromatic heterocycles. The summed E-state index contributed by atoms with van der Waals surface area (Å²) in [6, 6.07) is 8.33. The molecule has 1 atom stereocenters. The predicted octanol–water partition coefficient (Wildman–Crippen LogP) is 1.39. The summed E-state index contributed by atoms with van der Waals surface area (Å²) < 4.78 is 5.24. The third-order valence-electron chi connectivity index (χ3n) is 4.15. The number of hydrogen-bond acceptors (Lipinski definition) is 6. The lowest BCUT2D eigenvalue weighted by Crippen LogP contribution is -2.44. The quantitative estimate of drug-likeness (QED) is 0.765. The molecule has 0 radical (unpaired) electrons. The maximum atomic E-state index is 12.3. The second-order valence-corrected chi connectivity index (χ2v) is 5.88. The van der Waals surface area contributed by atoms with E-state index in [2.05, 4.69) is 0 Å². The number of hydrogen-bond donors (Lipinski definition) is 0. The largest absolute Gasteiger partial charge is 0.445 e. The van der Waals surface area contributed by atoms with Crippen LogP contribution in [-0.4, -0.2) is 46.4 Å². The molecule has 0 aliphatic carbocycles. The van der Waals surface area contributed by atoms with Crippen molar-refractivity contribution in [1.29, 1.82) is 0 Å². The van der Waals surface area contributed by atoms with Gasteiger partial charge in [0.25, 0.3) is 11.8 Å². The number of hydroxylamine groups is 2. The number of rotatable bonds is 4. The van der Waals surface area contributed by atoms with E-state index in [4.69, 9.17) is 9.57 Å². The van der Waals surface area contributed by atoms with Gasteiger partial charge in [-0.05, 0) is 18.4 Å². The summed E-state index contributed by atoms with van der Waals surface area (Å²) in [6.45, 7) is 0.455. The lowest BCUT2D eigenvalue weighted by atomic mass is 10.2. The van der Waals surface area contributed by atoms with Crippen molar-refractivity contribution in [2.24, 2.45) is 0 Å². The van der Waals surface area contributed by atoms with Crippen molar-refractivity contribution in [1.82, 2.24) is 9.96 Å². The summed E-state index contributed by atoms with van der Waals surface area (Å²) in [6.07, 6.45) is 0.443. The van der Waals surface area contributed by atoms with Gasteiger partial charge in [0, 0.05) is 19.4 Å². The number of benzene rings is 1. The normalized spacial score (nSPS) is 20.1. The zero-order valence-corrected chi connectivity index (χ0v) is 13.6. The van der Waals surface area contributed by atoms with Gasteiger partial charge >= 0.3 is 12.1 Å². The summed E-state index contributed by atoms with van der Waals surface area (Å²) in [4.78, 5) is 53.8. The topological polar surface area (TPSA) is 93.2 Å². The van der Waals surface area contributed by atoms with Crippen LogP contribution in [0.3, 0.4) is 0 Å². The number of imide groups is 1. The SMILES string of the molecule is O=C(ON1C(=O)CCC1=O)[C@@H]1CCCN1C(=O)OCc1ccccc1. The average Bonchev–Trinajstić information content (AvgIpc) is 3.23. The molecule has 8 heteroatoms. The van der Waals surface area contributed by atoms with E-state index in [1.807, 2.05) is 30.3 Å². The third kappa shape index (κ3) is 3.78. The van der Waals surface area contributed by atoms with Crippen LogP contribution in [0.25, 0.3) is 0 Å². The molecule has 8 nitrogen and oxygen atoms in total. The molecule has 132 valence electrons. The highest BCUT2D eigenvalue weighted by Crippen LogP contribution is 2.22. The van der Waals surface area contributed by atoms with Crippen molar-refractivity contribution in [2.45, 2.75) is 38.3 Å². The molecule has 0 saturated carbocycles. The Bertz CT molecular complexity index is 674. The summed E-state index contributed by atoms with van der Waals surface area (Å²) >= 11 is 0. The van der Waals surface area contributed by atoms with Gasteiger partial charge in [0.15, 0.2) is 0 Å². The van der Waals surface area contributed by atoms with Crippen LogP contribution in [0.4, 0.5) is 4.79 Å². The first-order valence-corrected chi connectivity index (χ1v) is 8.11. The minimum atomic E-state index is -0.857. The van der Waals surface area contributed by atoms with Crippen LogP contribution in [0, 0.1) is 0 Å². The van der Waals surface area contributed by atoms with Crippen LogP contribution in [0.5, 0.6) is 0 Å². The Kier molecular flexibility index (Phi) is 4.97. The number of amides is 3. The molecule has 3 rings (SSSR count). The molecule has 0 N–H and O–H groups in total. The van der Waals surface area contributed by atoms with Crippen molar-refractivity contribution >= 4 is 23.9 Å². The molecular weight excluding hydrogens is 328 g/mol. The van der Waals surface area contributed by atoms with Crippen molar-refractivity contribution in [3.63, 3.8) is 0 Å². The van der Waals surface area contributed by atoms with E-state index >= 15 is 0 Å². The average molecular weight is 346 g/mol. The molecule has 3 amide bonds. The van der Waals surface area contributed by atoms with Crippen LogP contribution in [0.15, 0.2) is 30.3 Å². The Labute approximate surface area is 144 Å². The molecular formula is C17H18N2O6. The van der Waals surface area contributed by atoms with Crippen LogP contribution in [0.1, 0.15) is 31.2 Å². The molecule has 2 fully saturated rings. The zero-order chi connectivity index (χ0) is 17.8. The van der Waals surface area contributed by atoms with E-state index in [-0.39, 0.29) is 19.4 Å². The molecule has 1 aromatic carbocycles. The molecule has 25 heavy (non-hydrogen) atoms. The van der Waals surface area contributed by atoms with Crippen molar-refractivity contribution in [3.8, 4) is 0 Å². The van der Waals surface area contributed by atoms with Gasteiger partial charge in [0.2, 0.25) is 0 Å². The summed E-state index contributed by atoms with van der Waals surface area (Å²) in [5, 5.41) is 0.494. The maximum absolute atomic E-state index is 12.3. The second kappa shape index (κ2) is 7.33. The van der Waals surface area contributed by atoms with Gasteiger partial charge in [-0.2, -0.15) is 0 Å². The first-order chi connectivity index (χ1) is 12.1. The van der Waals surface area contributed by atoms with Crippen molar-refractivity contribution in [3.05, 3.63) is 35.9 Å². The predicted molar refractivity (Wildman–Crippen MR) is 83.5 cm³/mol. The molecule has 2 aliphatic heterocycles. The van der Waals surface area contributed by atoms with E-state index in [1.165, 1.54) is 4.90 Å². The van der Waals surface area contributed by atoms with Crippen LogP contribution >= 0.6 is 0 Å². The number of ether oxygens (including phenoxy) is 1. The second-order valence-electron chi connectivity index (χ2n) is 5.88. The molecule has 2 saturated heterocycles. The lowest BCUT2D eigenvalue weighted by molar-refractivity contribution is -0.200. The first-order valence-electron chi connectivity index (χ1n) is 8.11. The highest BCUT2D eigenvalue weighted by atomic mass is 16.7. The summed E-state index contributed by atoms with van der Waals surface area (Å²) in [7, 11) is 0. The van der Waals surface area contributed by atoms with Gasteiger partial charge < -0.3 is 9.57 Å². The Balaban J connectivity index is 1.57. The Hall–Kier alpha value is -2.90. The van der Waals surface area contributed by atoms with E-state index < -0.39 is 29.9 Å². The fourth-order valence-corrected chi connectivity index (χ4v) is 2.84. The summed E-state index contributed by atoms with van der Waals surface area (Å²) in [5.74, 6) is -1.89. The van der Waals surface area contributed by atoms with Gasteiger partial charge in [-0.1, -0.05) is 30.3 Å². The third-order valence-corrected chi connectivity index (χ3v) is 4.15. The standard InChI is InChI=1S/C17H18N2O6/c20-14-8-9-15(21)19(14)25-16(22)13-7-4-10-18(13)17(23)24-11-12-5-2-1-3-6-12/h1-3,5-6,13H,4,7-11H2/t13-/m0/s1. The van der Waals surface area contributed by atoms with Crippen molar-refractivity contribution in [2.75, 3.05) is 6.54 Å². The molecule has 0 spiro atoms. The van der Waals surface area contributed by atoms with Crippen LogP contribution in [0.2, 0.25) is 0 Å². The number of carbonyl (C=O) groups is 4. The highest BCUT2D eigenvalue weighted by Gasteiger charge is 2.40. The molecule has 0 bridgehead atoms. The number of likely N-dealkylation sites (tertiary alicyclic amines) is 1. The summed E-state index contributed by atoms with van der Waals surface area (Å²) in [5.41, 5.74) is 0.836. The molecule has 2 heterocycles. The fourth-order valence-electron chi connectivity index (χ4n) is 2.84. The minimum absolute atomic E-state index is 0.0274. The van der Waals surface area contributed by atoms with E-state index in [0.29, 0.717) is 24.4 Å². The molecule has 2 aliphatic rings. The van der Waals surface area contributed by atoms with Gasteiger partial charge in [-0.3, -0.25) is 14.5 Å². The van der Waals surface area contributed by atoms with Crippen molar-refractivity contribution < 1.29 is 28.8 Å². The first kappa shape index (κ1) is 16.9. The smallest absolute Gasteiger partial charge is 0.410 e. The Morgan fingerprint density at radius 3 is 2.44 bits per heavy atom. The van der Waals surface area contributed by atoms with Crippen LogP contribution < -0.4 is 0 Å². The fraction of sp³-hybridized carbons (Fsp3) is 0.412. The van der Waals surface area contributed by atoms with Crippen LogP contribution in [-0.2, 0) is 30.6 Å². The van der Waals surface area contributed by atoms with Gasteiger partial charge in [-0.15, -0.1) is 5.06 Å². The van der Waals surface area contributed by atoms with E-state index in [9.17, 15) is 19.2 Å².